The van der Waals surface area contributed by atoms with Crippen LogP contribution in [0.4, 0.5) is 11.4 Å². The van der Waals surface area contributed by atoms with Crippen molar-refractivity contribution in [2.24, 2.45) is 0 Å². The summed E-state index contributed by atoms with van der Waals surface area (Å²) < 4.78 is 5.71. The van der Waals surface area contributed by atoms with Gasteiger partial charge in [0.2, 0.25) is 5.91 Å². The zero-order valence-electron chi connectivity index (χ0n) is 25.2. The van der Waals surface area contributed by atoms with Crippen LogP contribution >= 0.6 is 11.8 Å². The third kappa shape index (κ3) is 8.99. The van der Waals surface area contributed by atoms with Gasteiger partial charge in [0.1, 0.15) is 22.8 Å². The molecule has 0 aliphatic carbocycles. The average molecular weight is 640 g/mol. The number of carboxylic acids is 1. The highest BCUT2D eigenvalue weighted by molar-refractivity contribution is 8.00. The van der Waals surface area contributed by atoms with Gasteiger partial charge in [0, 0.05) is 27.4 Å². The Balaban J connectivity index is 1.53. The summed E-state index contributed by atoms with van der Waals surface area (Å²) in [6.45, 7) is 4.11. The van der Waals surface area contributed by atoms with Crippen LogP contribution in [-0.2, 0) is 9.59 Å². The molecule has 4 aromatic rings. The Kier molecular flexibility index (Phi) is 11.6. The molecule has 10 nitrogen and oxygen atoms in total. The van der Waals surface area contributed by atoms with E-state index in [2.05, 4.69) is 16.0 Å². The van der Waals surface area contributed by atoms with Crippen molar-refractivity contribution >= 4 is 52.9 Å². The van der Waals surface area contributed by atoms with E-state index in [0.717, 1.165) is 0 Å². The molecule has 4 rings (SSSR count). The average Bonchev–Trinajstić information content (AvgIpc) is 3.05. The number of thioether (sulfide) groups is 1. The second kappa shape index (κ2) is 16.0. The summed E-state index contributed by atoms with van der Waals surface area (Å²) in [7, 11) is 0. The smallest absolute Gasteiger partial charge is 0.339 e. The van der Waals surface area contributed by atoms with E-state index in [1.165, 1.54) is 30.0 Å². The zero-order chi connectivity index (χ0) is 33.1. The molecule has 1 unspecified atom stereocenters. The Morgan fingerprint density at radius 2 is 1.57 bits per heavy atom. The van der Waals surface area contributed by atoms with Gasteiger partial charge < -0.3 is 30.9 Å². The number of hydrogen-bond donors (Lipinski definition) is 5. The number of aromatic hydroxyl groups is 1. The first-order valence-corrected chi connectivity index (χ1v) is 15.3. The lowest BCUT2D eigenvalue weighted by atomic mass is 10.1. The molecule has 0 bridgehead atoms. The van der Waals surface area contributed by atoms with Gasteiger partial charge in [-0.3, -0.25) is 14.4 Å². The third-order valence-electron chi connectivity index (χ3n) is 6.58. The minimum atomic E-state index is -1.31. The Morgan fingerprint density at radius 1 is 0.848 bits per heavy atom. The molecule has 0 aromatic heterocycles. The second-order valence-electron chi connectivity index (χ2n) is 9.87. The summed E-state index contributed by atoms with van der Waals surface area (Å²) in [6.07, 6.45) is 2.00. The number of carboxylic acid groups (broad SMARTS) is 1. The highest BCUT2D eigenvalue weighted by Gasteiger charge is 2.21. The van der Waals surface area contributed by atoms with Crippen LogP contribution in [0.2, 0.25) is 0 Å². The summed E-state index contributed by atoms with van der Waals surface area (Å²) in [6, 6.07) is 26.5. The van der Waals surface area contributed by atoms with Gasteiger partial charge in [-0.2, -0.15) is 0 Å². The van der Waals surface area contributed by atoms with Crippen LogP contribution in [0.5, 0.6) is 11.5 Å². The molecule has 236 valence electrons. The second-order valence-corrected chi connectivity index (χ2v) is 11.1. The van der Waals surface area contributed by atoms with Crippen molar-refractivity contribution in [2.75, 3.05) is 17.2 Å². The number of carbonyl (C=O) groups is 4. The molecule has 11 heteroatoms. The van der Waals surface area contributed by atoms with E-state index in [0.29, 0.717) is 40.5 Å². The van der Waals surface area contributed by atoms with Crippen molar-refractivity contribution in [1.82, 2.24) is 5.32 Å². The number of nitrogens with one attached hydrogen (secondary N) is 3. The SMILES string of the molecule is CCOc1ccccc1/C=C(/NC(=O)c1ccccc1)C(=O)Nc1cccc(SC(CC)C(=O)Nc2ccc(O)c(C(=O)O)c2)c1. The number of amides is 3. The maximum absolute atomic E-state index is 13.6. The molecule has 0 saturated heterocycles. The van der Waals surface area contributed by atoms with Crippen LogP contribution in [0.1, 0.15) is 46.5 Å². The minimum absolute atomic E-state index is 0.000460. The molecule has 4 aromatic carbocycles. The largest absolute Gasteiger partial charge is 0.507 e. The number of para-hydroxylation sites is 1. The minimum Gasteiger partial charge on any atom is -0.507 e. The molecule has 0 saturated carbocycles. The van der Waals surface area contributed by atoms with E-state index < -0.39 is 28.8 Å². The van der Waals surface area contributed by atoms with Gasteiger partial charge in [-0.05, 0) is 74.0 Å². The van der Waals surface area contributed by atoms with E-state index in [9.17, 15) is 29.4 Å². The van der Waals surface area contributed by atoms with Crippen LogP contribution in [0, 0.1) is 0 Å². The van der Waals surface area contributed by atoms with Gasteiger partial charge >= 0.3 is 5.97 Å². The molecular weight excluding hydrogens is 606 g/mol. The van der Waals surface area contributed by atoms with E-state index in [1.54, 1.807) is 78.9 Å². The summed E-state index contributed by atoms with van der Waals surface area (Å²) in [5, 5.41) is 26.7. The first-order chi connectivity index (χ1) is 22.2. The van der Waals surface area contributed by atoms with Crippen LogP contribution in [0.3, 0.4) is 0 Å². The van der Waals surface area contributed by atoms with E-state index in [4.69, 9.17) is 4.74 Å². The van der Waals surface area contributed by atoms with Gasteiger partial charge in [0.25, 0.3) is 11.8 Å². The van der Waals surface area contributed by atoms with Gasteiger partial charge in [0.15, 0.2) is 0 Å². The molecule has 46 heavy (non-hydrogen) atoms. The molecule has 3 amide bonds. The molecular formula is C35H33N3O7S. The predicted molar refractivity (Wildman–Crippen MR) is 178 cm³/mol. The van der Waals surface area contributed by atoms with Gasteiger partial charge in [0.05, 0.1) is 11.9 Å². The number of carbonyl (C=O) groups excluding carboxylic acids is 3. The Hall–Kier alpha value is -5.55. The molecule has 0 radical (unpaired) electrons. The van der Waals surface area contributed by atoms with E-state index in [1.807, 2.05) is 19.9 Å². The molecule has 0 aliphatic heterocycles. The normalized spacial score (nSPS) is 11.7. The lowest BCUT2D eigenvalue weighted by Gasteiger charge is -2.16. The molecule has 1 atom stereocenters. The number of phenols is 1. The summed E-state index contributed by atoms with van der Waals surface area (Å²) in [5.74, 6) is -2.54. The van der Waals surface area contributed by atoms with E-state index >= 15 is 0 Å². The van der Waals surface area contributed by atoms with Crippen molar-refractivity contribution in [1.29, 1.82) is 0 Å². The Bertz CT molecular complexity index is 1760. The number of ether oxygens (including phenoxy) is 1. The van der Waals surface area contributed by atoms with Crippen LogP contribution in [0.15, 0.2) is 108 Å². The van der Waals surface area contributed by atoms with Crippen molar-refractivity contribution < 1.29 is 34.1 Å². The van der Waals surface area contributed by atoms with Crippen molar-refractivity contribution in [3.63, 3.8) is 0 Å². The van der Waals surface area contributed by atoms with Crippen molar-refractivity contribution in [3.8, 4) is 11.5 Å². The molecule has 0 aliphatic rings. The fraction of sp³-hybridized carbons (Fsp3) is 0.143. The molecule has 0 spiro atoms. The lowest BCUT2D eigenvalue weighted by Crippen LogP contribution is -2.30. The fourth-order valence-electron chi connectivity index (χ4n) is 4.32. The summed E-state index contributed by atoms with van der Waals surface area (Å²) in [4.78, 5) is 51.7. The molecule has 5 N–H and O–H groups in total. The van der Waals surface area contributed by atoms with Crippen LogP contribution < -0.4 is 20.7 Å². The van der Waals surface area contributed by atoms with Gasteiger partial charge in [-0.1, -0.05) is 49.4 Å². The third-order valence-corrected chi connectivity index (χ3v) is 7.93. The van der Waals surface area contributed by atoms with Crippen molar-refractivity contribution in [2.45, 2.75) is 30.4 Å². The Labute approximate surface area is 270 Å². The van der Waals surface area contributed by atoms with Crippen LogP contribution in [0.25, 0.3) is 6.08 Å². The maximum atomic E-state index is 13.6. The highest BCUT2D eigenvalue weighted by Crippen LogP contribution is 2.30. The maximum Gasteiger partial charge on any atom is 0.339 e. The first-order valence-electron chi connectivity index (χ1n) is 14.4. The topological polar surface area (TPSA) is 154 Å². The molecule has 0 heterocycles. The number of benzene rings is 4. The molecule has 0 fully saturated rings. The number of anilines is 2. The number of hydrogen-bond acceptors (Lipinski definition) is 7. The quantitative estimate of drug-likeness (QED) is 0.0639. The highest BCUT2D eigenvalue weighted by atomic mass is 32.2. The summed E-state index contributed by atoms with van der Waals surface area (Å²) >= 11 is 1.27. The van der Waals surface area contributed by atoms with Crippen molar-refractivity contribution in [3.05, 3.63) is 119 Å². The van der Waals surface area contributed by atoms with Crippen LogP contribution in [-0.4, -0.2) is 45.8 Å². The number of aromatic carboxylic acids is 1. The van der Waals surface area contributed by atoms with Gasteiger partial charge in [-0.15, -0.1) is 11.8 Å². The standard InChI is InChI=1S/C35H33N3O7S/c1-3-31(34(42)37-25-17-18-29(39)27(21-25)35(43)44)46-26-15-10-14-24(20-26)36-33(41)28(38-32(40)22-11-6-5-7-12-22)19-23-13-8-9-16-30(23)45-4-2/h5-21,31,39H,3-4H2,1-2H3,(H,36,41)(H,37,42)(H,38,40)(H,43,44)/b28-19+. The summed E-state index contributed by atoms with van der Waals surface area (Å²) in [5.41, 5.74) is 1.34. The zero-order valence-corrected chi connectivity index (χ0v) is 26.0. The fourth-order valence-corrected chi connectivity index (χ4v) is 5.34. The monoisotopic (exact) mass is 639 g/mol. The lowest BCUT2D eigenvalue weighted by molar-refractivity contribution is -0.116. The first kappa shape index (κ1) is 33.3. The predicted octanol–water partition coefficient (Wildman–Crippen LogP) is 6.41. The number of rotatable bonds is 13. The Morgan fingerprint density at radius 3 is 2.28 bits per heavy atom. The van der Waals surface area contributed by atoms with E-state index in [-0.39, 0.29) is 22.9 Å². The van der Waals surface area contributed by atoms with Gasteiger partial charge in [-0.25, -0.2) is 4.79 Å².